The first-order valence-electron chi connectivity index (χ1n) is 3.44. The van der Waals surface area contributed by atoms with Gasteiger partial charge in [0, 0.05) is 12.7 Å². The fraction of sp³-hybridized carbons (Fsp3) is 0.222. The summed E-state index contributed by atoms with van der Waals surface area (Å²) in [5.74, 6) is -0.451. The van der Waals surface area contributed by atoms with Gasteiger partial charge in [0.15, 0.2) is 6.10 Å². The van der Waals surface area contributed by atoms with E-state index in [9.17, 15) is 9.18 Å². The van der Waals surface area contributed by atoms with Gasteiger partial charge in [-0.05, 0) is 6.07 Å². The van der Waals surface area contributed by atoms with Crippen LogP contribution in [0.25, 0.3) is 0 Å². The molecule has 1 atom stereocenters. The highest BCUT2D eigenvalue weighted by molar-refractivity contribution is 5.60. The van der Waals surface area contributed by atoms with E-state index in [1.54, 1.807) is 18.4 Å². The Hall–Kier alpha value is -1.22. The van der Waals surface area contributed by atoms with Crippen LogP contribution < -0.4 is 0 Å². The lowest BCUT2D eigenvalue weighted by atomic mass is 10.1. The first-order valence-corrected chi connectivity index (χ1v) is 3.44. The molecule has 12 heavy (non-hydrogen) atoms. The summed E-state index contributed by atoms with van der Waals surface area (Å²) in [6.45, 7) is 0. The van der Waals surface area contributed by atoms with E-state index in [-0.39, 0.29) is 5.56 Å². The van der Waals surface area contributed by atoms with E-state index in [1.165, 1.54) is 19.2 Å². The van der Waals surface area contributed by atoms with Gasteiger partial charge in [0.2, 0.25) is 6.29 Å². The molecule has 0 aromatic heterocycles. The van der Waals surface area contributed by atoms with Gasteiger partial charge in [-0.1, -0.05) is 18.2 Å². The molecule has 0 N–H and O–H groups in total. The maximum Gasteiger partial charge on any atom is 0.234 e. The molecule has 0 heterocycles. The quantitative estimate of drug-likeness (QED) is 0.683. The number of methoxy groups -OCH3 is 1. The topological polar surface area (TPSA) is 26.3 Å². The summed E-state index contributed by atoms with van der Waals surface area (Å²) in [5, 5.41) is 0. The third kappa shape index (κ3) is 1.68. The first-order chi connectivity index (χ1) is 5.79. The molecule has 1 aromatic rings. The van der Waals surface area contributed by atoms with E-state index >= 15 is 0 Å². The average Bonchev–Trinajstić information content (AvgIpc) is 2.10. The van der Waals surface area contributed by atoms with E-state index in [4.69, 9.17) is 4.74 Å². The third-order valence-corrected chi connectivity index (χ3v) is 1.53. The second kappa shape index (κ2) is 3.97. The van der Waals surface area contributed by atoms with Crippen molar-refractivity contribution in [2.75, 3.05) is 7.11 Å². The van der Waals surface area contributed by atoms with Crippen LogP contribution in [0, 0.1) is 5.82 Å². The van der Waals surface area contributed by atoms with Crippen LogP contribution in [0.3, 0.4) is 0 Å². The Labute approximate surface area is 70.0 Å². The van der Waals surface area contributed by atoms with Crippen LogP contribution in [0.15, 0.2) is 24.3 Å². The Balaban J connectivity index is 3.00. The first kappa shape index (κ1) is 8.87. The predicted molar refractivity (Wildman–Crippen MR) is 41.8 cm³/mol. The molecule has 0 spiro atoms. The predicted octanol–water partition coefficient (Wildman–Crippen LogP) is 1.62. The Morgan fingerprint density at radius 3 is 2.67 bits per heavy atom. The van der Waals surface area contributed by atoms with Gasteiger partial charge in [-0.3, -0.25) is 4.79 Å². The van der Waals surface area contributed by atoms with Gasteiger partial charge in [-0.25, -0.2) is 4.39 Å². The second-order valence-electron chi connectivity index (χ2n) is 2.26. The molecule has 1 radical (unpaired) electrons. The van der Waals surface area contributed by atoms with Crippen LogP contribution in [-0.2, 0) is 9.53 Å². The number of halogens is 1. The molecule has 1 unspecified atom stereocenters. The van der Waals surface area contributed by atoms with Crippen LogP contribution >= 0.6 is 0 Å². The molecule has 63 valence electrons. The van der Waals surface area contributed by atoms with Crippen LogP contribution in [-0.4, -0.2) is 13.4 Å². The standard InChI is InChI=1S/C9H8FO2/c1-12-9(6-11)7-4-2-3-5-8(7)10/h2-5,9H,1H3. The van der Waals surface area contributed by atoms with E-state index < -0.39 is 11.9 Å². The monoisotopic (exact) mass is 167 g/mol. The maximum atomic E-state index is 13.0. The molecule has 0 fully saturated rings. The minimum absolute atomic E-state index is 0.218. The number of ether oxygens (including phenoxy) is 1. The van der Waals surface area contributed by atoms with Crippen LogP contribution in [0.5, 0.6) is 0 Å². The van der Waals surface area contributed by atoms with Crippen LogP contribution in [0.1, 0.15) is 11.7 Å². The number of carbonyl (C=O) groups excluding carboxylic acids is 1. The van der Waals surface area contributed by atoms with E-state index in [0.29, 0.717) is 0 Å². The molecule has 0 saturated carbocycles. The minimum Gasteiger partial charge on any atom is -0.368 e. The van der Waals surface area contributed by atoms with Gasteiger partial charge in [0.25, 0.3) is 0 Å². The van der Waals surface area contributed by atoms with Crippen LogP contribution in [0.2, 0.25) is 0 Å². The highest BCUT2D eigenvalue weighted by atomic mass is 19.1. The van der Waals surface area contributed by atoms with Gasteiger partial charge >= 0.3 is 0 Å². The lowest BCUT2D eigenvalue weighted by Crippen LogP contribution is -2.04. The summed E-state index contributed by atoms with van der Waals surface area (Å²) in [7, 11) is 1.34. The fourth-order valence-electron chi connectivity index (χ4n) is 0.926. The molecule has 3 heteroatoms. The number of hydrogen-bond donors (Lipinski definition) is 0. The second-order valence-corrected chi connectivity index (χ2v) is 2.26. The normalized spacial score (nSPS) is 12.5. The molecule has 2 nitrogen and oxygen atoms in total. The minimum atomic E-state index is -0.925. The van der Waals surface area contributed by atoms with Crippen molar-refractivity contribution in [1.82, 2.24) is 0 Å². The Morgan fingerprint density at radius 2 is 2.17 bits per heavy atom. The van der Waals surface area contributed by atoms with Crippen molar-refractivity contribution in [3.63, 3.8) is 0 Å². The van der Waals surface area contributed by atoms with Crippen molar-refractivity contribution >= 4 is 6.29 Å². The van der Waals surface area contributed by atoms with Crippen molar-refractivity contribution < 1.29 is 13.9 Å². The largest absolute Gasteiger partial charge is 0.368 e. The van der Waals surface area contributed by atoms with Crippen LogP contribution in [0.4, 0.5) is 4.39 Å². The zero-order chi connectivity index (χ0) is 8.97. The van der Waals surface area contributed by atoms with E-state index in [1.807, 2.05) is 0 Å². The lowest BCUT2D eigenvalue weighted by molar-refractivity contribution is 0.151. The molecule has 1 rings (SSSR count). The van der Waals surface area contributed by atoms with Crippen molar-refractivity contribution in [2.45, 2.75) is 6.10 Å². The summed E-state index contributed by atoms with van der Waals surface area (Å²) < 4.78 is 17.7. The van der Waals surface area contributed by atoms with Crippen molar-refractivity contribution in [2.24, 2.45) is 0 Å². The third-order valence-electron chi connectivity index (χ3n) is 1.53. The molecular formula is C9H8FO2. The summed E-state index contributed by atoms with van der Waals surface area (Å²) in [4.78, 5) is 10.3. The summed E-state index contributed by atoms with van der Waals surface area (Å²) in [6.07, 6.45) is 0.672. The van der Waals surface area contributed by atoms with Gasteiger partial charge in [0.05, 0.1) is 0 Å². The molecule has 0 saturated heterocycles. The van der Waals surface area contributed by atoms with Gasteiger partial charge in [-0.2, -0.15) is 0 Å². The molecular weight excluding hydrogens is 159 g/mol. The van der Waals surface area contributed by atoms with E-state index in [0.717, 1.165) is 0 Å². The molecule has 0 aliphatic carbocycles. The smallest absolute Gasteiger partial charge is 0.234 e. The van der Waals surface area contributed by atoms with Gasteiger partial charge in [0.1, 0.15) is 5.82 Å². The van der Waals surface area contributed by atoms with Crippen molar-refractivity contribution in [1.29, 1.82) is 0 Å². The molecule has 0 aliphatic heterocycles. The molecule has 0 aliphatic rings. The lowest BCUT2D eigenvalue weighted by Gasteiger charge is -2.07. The highest BCUT2D eigenvalue weighted by Gasteiger charge is 2.13. The Bertz CT molecular complexity index is 273. The average molecular weight is 167 g/mol. The van der Waals surface area contributed by atoms with Crippen molar-refractivity contribution in [3.05, 3.63) is 35.6 Å². The molecule has 1 aromatic carbocycles. The number of benzene rings is 1. The molecule has 0 amide bonds. The zero-order valence-electron chi connectivity index (χ0n) is 6.58. The molecule has 0 bridgehead atoms. The highest BCUT2D eigenvalue weighted by Crippen LogP contribution is 2.17. The van der Waals surface area contributed by atoms with Gasteiger partial charge < -0.3 is 4.74 Å². The van der Waals surface area contributed by atoms with Gasteiger partial charge in [-0.15, -0.1) is 0 Å². The van der Waals surface area contributed by atoms with E-state index in [2.05, 4.69) is 0 Å². The summed E-state index contributed by atoms with van der Waals surface area (Å²) in [6, 6.07) is 5.96. The summed E-state index contributed by atoms with van der Waals surface area (Å²) in [5.41, 5.74) is 0.218. The SMILES string of the molecule is COC([C]=O)c1ccccc1F. The Kier molecular flexibility index (Phi) is 2.94. The fourth-order valence-corrected chi connectivity index (χ4v) is 0.926. The number of hydrogen-bond acceptors (Lipinski definition) is 2. The Morgan fingerprint density at radius 1 is 1.50 bits per heavy atom. The zero-order valence-corrected chi connectivity index (χ0v) is 6.58. The summed E-state index contributed by atoms with van der Waals surface area (Å²) >= 11 is 0. The maximum absolute atomic E-state index is 13.0. The number of rotatable bonds is 3. The van der Waals surface area contributed by atoms with Crippen molar-refractivity contribution in [3.8, 4) is 0 Å².